The topological polar surface area (TPSA) is 56.6 Å². The Morgan fingerprint density at radius 3 is 3.04 bits per heavy atom. The van der Waals surface area contributed by atoms with Crippen LogP contribution in [0.1, 0.15) is 31.4 Å². The van der Waals surface area contributed by atoms with E-state index in [9.17, 15) is 4.79 Å². The molecule has 1 aliphatic heterocycles. The number of benzene rings is 1. The zero-order valence-electron chi connectivity index (χ0n) is 14.2. The second-order valence-electron chi connectivity index (χ2n) is 6.19. The number of hydrogen-bond donors (Lipinski definition) is 0. The van der Waals surface area contributed by atoms with Crippen LogP contribution in [-0.2, 0) is 9.53 Å². The van der Waals surface area contributed by atoms with Gasteiger partial charge in [-0.05, 0) is 24.6 Å². The molecule has 2 rings (SSSR count). The number of carbonyl (C=O) groups is 1. The van der Waals surface area contributed by atoms with Gasteiger partial charge in [0.2, 0.25) is 5.91 Å². The van der Waals surface area contributed by atoms with Gasteiger partial charge >= 0.3 is 0 Å². The fraction of sp³-hybridized carbons (Fsp3) is 0.556. The molecule has 6 heteroatoms. The van der Waals surface area contributed by atoms with Crippen LogP contribution in [0.15, 0.2) is 24.3 Å². The number of carbonyl (C=O) groups excluding carboxylic acids is 1. The smallest absolute Gasteiger partial charge is 0.223 e. The number of morpholine rings is 1. The standard InChI is InChI=1S/C18H24ClN3O2/c1-14-13-24-17(15-5-3-6-16(19)11-15)12-22(14)10-7-18(23)21(2)9-4-8-20/h3,5-6,11,14,17H,4,7,9-10,12-13H2,1-2H3. The molecular formula is C18H24ClN3O2. The maximum absolute atomic E-state index is 12.1. The first-order valence-electron chi connectivity index (χ1n) is 8.23. The number of hydrogen-bond acceptors (Lipinski definition) is 4. The fourth-order valence-electron chi connectivity index (χ4n) is 2.80. The van der Waals surface area contributed by atoms with Crippen molar-refractivity contribution in [3.8, 4) is 6.07 Å². The second-order valence-corrected chi connectivity index (χ2v) is 6.63. The van der Waals surface area contributed by atoms with Crippen molar-refractivity contribution in [3.05, 3.63) is 34.9 Å². The zero-order chi connectivity index (χ0) is 17.5. The third-order valence-electron chi connectivity index (χ3n) is 4.38. The Kier molecular flexibility index (Phi) is 7.04. The maximum atomic E-state index is 12.1. The minimum Gasteiger partial charge on any atom is -0.371 e. The van der Waals surface area contributed by atoms with Crippen molar-refractivity contribution in [1.82, 2.24) is 9.80 Å². The van der Waals surface area contributed by atoms with Crippen LogP contribution in [0.3, 0.4) is 0 Å². The molecular weight excluding hydrogens is 326 g/mol. The average molecular weight is 350 g/mol. The van der Waals surface area contributed by atoms with Crippen LogP contribution < -0.4 is 0 Å². The van der Waals surface area contributed by atoms with Gasteiger partial charge in [0.1, 0.15) is 0 Å². The van der Waals surface area contributed by atoms with Gasteiger partial charge in [-0.15, -0.1) is 0 Å². The van der Waals surface area contributed by atoms with E-state index in [0.29, 0.717) is 37.6 Å². The first kappa shape index (κ1) is 18.7. The molecule has 0 saturated carbocycles. The second kappa shape index (κ2) is 9.03. The summed E-state index contributed by atoms with van der Waals surface area (Å²) in [5.41, 5.74) is 1.07. The van der Waals surface area contributed by atoms with Crippen LogP contribution >= 0.6 is 11.6 Å². The minimum absolute atomic E-state index is 0.0219. The van der Waals surface area contributed by atoms with Gasteiger partial charge in [0.25, 0.3) is 0 Å². The highest BCUT2D eigenvalue weighted by Gasteiger charge is 2.27. The van der Waals surface area contributed by atoms with Gasteiger partial charge in [0, 0.05) is 44.2 Å². The van der Waals surface area contributed by atoms with Crippen molar-refractivity contribution >= 4 is 17.5 Å². The highest BCUT2D eigenvalue weighted by molar-refractivity contribution is 6.30. The van der Waals surface area contributed by atoms with Crippen LogP contribution in [0.5, 0.6) is 0 Å². The summed E-state index contributed by atoms with van der Waals surface area (Å²) in [4.78, 5) is 16.0. The Morgan fingerprint density at radius 2 is 2.33 bits per heavy atom. The van der Waals surface area contributed by atoms with Crippen LogP contribution in [0.2, 0.25) is 5.02 Å². The fourth-order valence-corrected chi connectivity index (χ4v) is 3.00. The molecule has 0 N–H and O–H groups in total. The summed E-state index contributed by atoms with van der Waals surface area (Å²) in [6.07, 6.45) is 0.799. The van der Waals surface area contributed by atoms with E-state index in [-0.39, 0.29) is 18.1 Å². The van der Waals surface area contributed by atoms with Gasteiger partial charge in [0.05, 0.1) is 25.2 Å². The molecule has 130 valence electrons. The van der Waals surface area contributed by atoms with E-state index < -0.39 is 0 Å². The van der Waals surface area contributed by atoms with Crippen molar-refractivity contribution in [3.63, 3.8) is 0 Å². The summed E-state index contributed by atoms with van der Waals surface area (Å²) in [5.74, 6) is 0.0725. The van der Waals surface area contributed by atoms with E-state index in [0.717, 1.165) is 12.1 Å². The summed E-state index contributed by atoms with van der Waals surface area (Å²) < 4.78 is 5.94. The normalized spacial score (nSPS) is 21.2. The van der Waals surface area contributed by atoms with Crippen molar-refractivity contribution in [1.29, 1.82) is 5.26 Å². The minimum atomic E-state index is -0.0219. The maximum Gasteiger partial charge on any atom is 0.223 e. The van der Waals surface area contributed by atoms with Crippen LogP contribution in [0.25, 0.3) is 0 Å². The van der Waals surface area contributed by atoms with Crippen molar-refractivity contribution in [2.45, 2.75) is 31.9 Å². The highest BCUT2D eigenvalue weighted by atomic mass is 35.5. The number of amides is 1. The van der Waals surface area contributed by atoms with E-state index in [2.05, 4.69) is 17.9 Å². The van der Waals surface area contributed by atoms with E-state index >= 15 is 0 Å². The SMILES string of the molecule is CC1COC(c2cccc(Cl)c2)CN1CCC(=O)N(C)CCC#N. The average Bonchev–Trinajstić information content (AvgIpc) is 2.58. The quantitative estimate of drug-likeness (QED) is 0.792. The lowest BCUT2D eigenvalue weighted by Gasteiger charge is -2.38. The highest BCUT2D eigenvalue weighted by Crippen LogP contribution is 2.26. The molecule has 5 nitrogen and oxygen atoms in total. The molecule has 0 aliphatic carbocycles. The molecule has 2 unspecified atom stereocenters. The summed E-state index contributed by atoms with van der Waals surface area (Å²) in [6.45, 7) is 4.67. The number of ether oxygens (including phenoxy) is 1. The Hall–Kier alpha value is -1.61. The molecule has 0 spiro atoms. The summed E-state index contributed by atoms with van der Waals surface area (Å²) in [5, 5.41) is 9.31. The zero-order valence-corrected chi connectivity index (χ0v) is 15.0. The molecule has 1 fully saturated rings. The predicted molar refractivity (Wildman–Crippen MR) is 93.7 cm³/mol. The molecule has 0 radical (unpaired) electrons. The van der Waals surface area contributed by atoms with Gasteiger partial charge in [-0.2, -0.15) is 5.26 Å². The summed E-state index contributed by atoms with van der Waals surface area (Å²) >= 11 is 6.07. The van der Waals surface area contributed by atoms with Crippen LogP contribution in [-0.4, -0.2) is 55.0 Å². The van der Waals surface area contributed by atoms with E-state index in [1.54, 1.807) is 11.9 Å². The number of halogens is 1. The molecule has 1 aliphatic rings. The molecule has 2 atom stereocenters. The van der Waals surface area contributed by atoms with Crippen LogP contribution in [0, 0.1) is 11.3 Å². The first-order valence-corrected chi connectivity index (χ1v) is 8.61. The van der Waals surface area contributed by atoms with Crippen molar-refractivity contribution in [2.24, 2.45) is 0 Å². The molecule has 0 bridgehead atoms. The largest absolute Gasteiger partial charge is 0.371 e. The molecule has 24 heavy (non-hydrogen) atoms. The third kappa shape index (κ3) is 5.20. The summed E-state index contributed by atoms with van der Waals surface area (Å²) in [7, 11) is 1.75. The third-order valence-corrected chi connectivity index (χ3v) is 4.62. The van der Waals surface area contributed by atoms with Gasteiger partial charge < -0.3 is 9.64 Å². The number of nitriles is 1. The Labute approximate surface area is 148 Å². The number of nitrogens with zero attached hydrogens (tertiary/aromatic N) is 3. The Morgan fingerprint density at radius 1 is 1.54 bits per heavy atom. The molecule has 1 aromatic rings. The monoisotopic (exact) mass is 349 g/mol. The van der Waals surface area contributed by atoms with Gasteiger partial charge in [-0.3, -0.25) is 9.69 Å². The van der Waals surface area contributed by atoms with Crippen molar-refractivity contribution < 1.29 is 9.53 Å². The van der Waals surface area contributed by atoms with Crippen LogP contribution in [0.4, 0.5) is 0 Å². The van der Waals surface area contributed by atoms with E-state index in [4.69, 9.17) is 21.6 Å². The lowest BCUT2D eigenvalue weighted by Crippen LogP contribution is -2.46. The molecule has 0 aromatic heterocycles. The Bertz CT molecular complexity index is 602. The first-order chi connectivity index (χ1) is 11.5. The predicted octanol–water partition coefficient (Wildman–Crippen LogP) is 2.86. The number of rotatable bonds is 6. The molecule has 1 saturated heterocycles. The van der Waals surface area contributed by atoms with E-state index in [1.807, 2.05) is 24.3 Å². The molecule has 1 amide bonds. The Balaban J connectivity index is 1.89. The van der Waals surface area contributed by atoms with Gasteiger partial charge in [0.15, 0.2) is 0 Å². The summed E-state index contributed by atoms with van der Waals surface area (Å²) in [6, 6.07) is 10.1. The van der Waals surface area contributed by atoms with Crippen molar-refractivity contribution in [2.75, 3.05) is 33.3 Å². The molecule has 1 aromatic carbocycles. The van der Waals surface area contributed by atoms with Gasteiger partial charge in [-0.25, -0.2) is 0 Å². The van der Waals surface area contributed by atoms with Gasteiger partial charge in [-0.1, -0.05) is 23.7 Å². The lowest BCUT2D eigenvalue weighted by atomic mass is 10.1. The van der Waals surface area contributed by atoms with E-state index in [1.165, 1.54) is 0 Å². The lowest BCUT2D eigenvalue weighted by molar-refractivity contribution is -0.131. The molecule has 1 heterocycles.